The fourth-order valence-electron chi connectivity index (χ4n) is 4.04. The van der Waals surface area contributed by atoms with Crippen molar-refractivity contribution < 1.29 is 4.79 Å². The summed E-state index contributed by atoms with van der Waals surface area (Å²) in [6.45, 7) is -0.00145. The lowest BCUT2D eigenvalue weighted by atomic mass is 10.2. The number of aromatic nitrogens is 7. The molecule has 5 N–H and O–H groups in total. The lowest BCUT2D eigenvalue weighted by molar-refractivity contribution is -0.119. The van der Waals surface area contributed by atoms with E-state index in [4.69, 9.17) is 17.3 Å². The fraction of sp³-hybridized carbons (Fsp3) is 0.217. The smallest absolute Gasteiger partial charge is 0.332 e. The number of nitrogens with zero attached hydrogens (tertiary/aromatic N) is 6. The number of imidazole rings is 1. The molecule has 190 valence electrons. The van der Waals surface area contributed by atoms with Crippen molar-refractivity contribution in [2.45, 2.75) is 13.1 Å². The second-order valence-electron chi connectivity index (χ2n) is 8.36. The maximum absolute atomic E-state index is 13.5. The van der Waals surface area contributed by atoms with Gasteiger partial charge in [-0.05, 0) is 24.3 Å². The normalized spacial score (nSPS) is 11.4. The van der Waals surface area contributed by atoms with Gasteiger partial charge in [0.25, 0.3) is 5.56 Å². The third-order valence-electron chi connectivity index (χ3n) is 5.93. The summed E-state index contributed by atoms with van der Waals surface area (Å²) in [7, 11) is 3.22. The molecule has 0 spiro atoms. The summed E-state index contributed by atoms with van der Waals surface area (Å²) in [4.78, 5) is 54.1. The van der Waals surface area contributed by atoms with E-state index in [2.05, 4.69) is 30.6 Å². The van der Waals surface area contributed by atoms with Gasteiger partial charge in [-0.2, -0.15) is 4.98 Å². The number of benzene rings is 1. The zero-order valence-electron chi connectivity index (χ0n) is 19.9. The number of carbonyl (C=O) groups is 1. The molecule has 1 aromatic carbocycles. The van der Waals surface area contributed by atoms with Crippen LogP contribution in [0, 0.1) is 0 Å². The molecule has 0 radical (unpaired) electrons. The molecule has 4 aromatic heterocycles. The van der Waals surface area contributed by atoms with Gasteiger partial charge in [-0.1, -0.05) is 17.7 Å². The van der Waals surface area contributed by atoms with Crippen LogP contribution < -0.4 is 27.6 Å². The van der Waals surface area contributed by atoms with Gasteiger partial charge in [0, 0.05) is 41.9 Å². The maximum atomic E-state index is 13.5. The minimum Gasteiger partial charge on any atom is -0.357 e. The standard InChI is InChI=1S/C23H23ClN10O3/c1-32-19-20(31-22(32)30-16-6-7-26-17(29-16)10-27-18(35)9-25)33(2)23(37)34(21(19)36)11-12-8-13-14(24)4-3-5-15(13)28-12/h3-8,28H,9-11,25H2,1-2H3,(H,27,35)(H,26,29,30,31). The average Bonchev–Trinajstić information content (AvgIpc) is 3.46. The van der Waals surface area contributed by atoms with Crippen LogP contribution >= 0.6 is 11.6 Å². The molecule has 1 amide bonds. The summed E-state index contributed by atoms with van der Waals surface area (Å²) in [5.74, 6) is 0.724. The molecule has 0 fully saturated rings. The monoisotopic (exact) mass is 522 g/mol. The molecule has 4 heterocycles. The van der Waals surface area contributed by atoms with Gasteiger partial charge in [0.2, 0.25) is 11.9 Å². The molecule has 0 aliphatic heterocycles. The summed E-state index contributed by atoms with van der Waals surface area (Å²) >= 11 is 6.27. The van der Waals surface area contributed by atoms with Gasteiger partial charge < -0.3 is 25.9 Å². The van der Waals surface area contributed by atoms with Crippen molar-refractivity contribution >= 4 is 51.3 Å². The first-order chi connectivity index (χ1) is 17.8. The number of carbonyl (C=O) groups excluding carboxylic acids is 1. The molecule has 0 aliphatic rings. The number of rotatable bonds is 7. The Morgan fingerprint density at radius 2 is 1.97 bits per heavy atom. The topological polar surface area (TPSA) is 171 Å². The summed E-state index contributed by atoms with van der Waals surface area (Å²) in [5.41, 5.74) is 6.24. The number of nitrogens with two attached hydrogens (primary N) is 1. The lowest BCUT2D eigenvalue weighted by Gasteiger charge is -2.08. The quantitative estimate of drug-likeness (QED) is 0.242. The Morgan fingerprint density at radius 3 is 2.73 bits per heavy atom. The molecule has 5 aromatic rings. The predicted octanol–water partition coefficient (Wildman–Crippen LogP) is 0.725. The molecule has 37 heavy (non-hydrogen) atoms. The SMILES string of the molecule is Cn1c(Nc2ccnc(CNC(=O)CN)n2)nc2c1c(=O)n(Cc1cc3c(Cl)cccc3[nH]1)c(=O)n2C. The highest BCUT2D eigenvalue weighted by Gasteiger charge is 2.20. The van der Waals surface area contributed by atoms with E-state index in [0.29, 0.717) is 28.3 Å². The number of halogens is 1. The summed E-state index contributed by atoms with van der Waals surface area (Å²) in [6, 6.07) is 8.92. The first-order valence-electron chi connectivity index (χ1n) is 11.2. The van der Waals surface area contributed by atoms with Crippen LogP contribution in [-0.2, 0) is 32.0 Å². The number of nitrogens with one attached hydrogen (secondary N) is 3. The van der Waals surface area contributed by atoms with E-state index in [9.17, 15) is 14.4 Å². The third-order valence-corrected chi connectivity index (χ3v) is 6.26. The van der Waals surface area contributed by atoms with Gasteiger partial charge in [0.1, 0.15) is 11.6 Å². The van der Waals surface area contributed by atoms with Crippen molar-refractivity contribution in [3.05, 3.63) is 73.9 Å². The van der Waals surface area contributed by atoms with Gasteiger partial charge in [0.15, 0.2) is 11.2 Å². The van der Waals surface area contributed by atoms with Crippen LogP contribution in [0.2, 0.25) is 5.02 Å². The van der Waals surface area contributed by atoms with Crippen LogP contribution in [0.25, 0.3) is 22.1 Å². The van der Waals surface area contributed by atoms with E-state index in [0.717, 1.165) is 15.5 Å². The van der Waals surface area contributed by atoms with Crippen molar-refractivity contribution in [1.82, 2.24) is 39.0 Å². The Labute approximate surface area is 213 Å². The van der Waals surface area contributed by atoms with E-state index < -0.39 is 11.2 Å². The molecular formula is C23H23ClN10O3. The van der Waals surface area contributed by atoms with Crippen molar-refractivity contribution in [2.24, 2.45) is 19.8 Å². The fourth-order valence-corrected chi connectivity index (χ4v) is 4.27. The zero-order chi connectivity index (χ0) is 26.3. The number of hydrogen-bond acceptors (Lipinski definition) is 8. The van der Waals surface area contributed by atoms with Crippen molar-refractivity contribution in [3.63, 3.8) is 0 Å². The second-order valence-corrected chi connectivity index (χ2v) is 8.77. The van der Waals surface area contributed by atoms with E-state index >= 15 is 0 Å². The van der Waals surface area contributed by atoms with Crippen LogP contribution in [0.3, 0.4) is 0 Å². The highest BCUT2D eigenvalue weighted by Crippen LogP contribution is 2.24. The molecule has 0 saturated heterocycles. The van der Waals surface area contributed by atoms with E-state index in [1.807, 2.05) is 18.2 Å². The van der Waals surface area contributed by atoms with Crippen LogP contribution in [0.15, 0.2) is 46.1 Å². The highest BCUT2D eigenvalue weighted by atomic mass is 35.5. The summed E-state index contributed by atoms with van der Waals surface area (Å²) in [5, 5.41) is 7.04. The van der Waals surface area contributed by atoms with Gasteiger partial charge in [-0.3, -0.25) is 18.7 Å². The van der Waals surface area contributed by atoms with E-state index in [1.54, 1.807) is 30.8 Å². The Kier molecular flexibility index (Phi) is 6.23. The minimum atomic E-state index is -0.508. The molecule has 0 saturated carbocycles. The largest absolute Gasteiger partial charge is 0.357 e. The van der Waals surface area contributed by atoms with Crippen LogP contribution in [0.4, 0.5) is 11.8 Å². The minimum absolute atomic E-state index is 0.0319. The first-order valence-corrected chi connectivity index (χ1v) is 11.6. The molecule has 0 unspecified atom stereocenters. The van der Waals surface area contributed by atoms with E-state index in [1.165, 1.54) is 10.8 Å². The molecule has 0 bridgehead atoms. The van der Waals surface area contributed by atoms with Gasteiger partial charge in [-0.25, -0.2) is 14.8 Å². The first kappa shape index (κ1) is 24.2. The summed E-state index contributed by atoms with van der Waals surface area (Å²) < 4.78 is 4.04. The molecular weight excluding hydrogens is 500 g/mol. The van der Waals surface area contributed by atoms with Crippen molar-refractivity contribution in [1.29, 1.82) is 0 Å². The summed E-state index contributed by atoms with van der Waals surface area (Å²) in [6.07, 6.45) is 1.53. The van der Waals surface area contributed by atoms with Crippen LogP contribution in [-0.4, -0.2) is 46.1 Å². The number of anilines is 2. The van der Waals surface area contributed by atoms with Gasteiger partial charge in [0.05, 0.1) is 19.6 Å². The maximum Gasteiger partial charge on any atom is 0.332 e. The Balaban J connectivity index is 1.50. The number of aromatic amines is 1. The van der Waals surface area contributed by atoms with E-state index in [-0.39, 0.29) is 36.7 Å². The molecule has 0 aliphatic carbocycles. The van der Waals surface area contributed by atoms with Gasteiger partial charge in [-0.15, -0.1) is 0 Å². The predicted molar refractivity (Wildman–Crippen MR) is 139 cm³/mol. The average molecular weight is 523 g/mol. The number of hydrogen-bond donors (Lipinski definition) is 4. The van der Waals surface area contributed by atoms with Crippen molar-refractivity contribution in [2.75, 3.05) is 11.9 Å². The Hall–Kier alpha value is -4.49. The number of aryl methyl sites for hydroxylation is 2. The Bertz CT molecular complexity index is 1780. The van der Waals surface area contributed by atoms with Crippen LogP contribution in [0.5, 0.6) is 0 Å². The highest BCUT2D eigenvalue weighted by molar-refractivity contribution is 6.35. The number of fused-ring (bicyclic) bond motifs is 2. The molecule has 0 atom stereocenters. The molecule has 14 heteroatoms. The second kappa shape index (κ2) is 9.52. The molecule has 13 nitrogen and oxygen atoms in total. The Morgan fingerprint density at radius 1 is 1.16 bits per heavy atom. The van der Waals surface area contributed by atoms with Crippen LogP contribution in [0.1, 0.15) is 11.5 Å². The number of amides is 1. The molecule has 5 rings (SSSR count). The zero-order valence-corrected chi connectivity index (χ0v) is 20.7. The third kappa shape index (κ3) is 4.45. The number of H-pyrrole nitrogens is 1. The van der Waals surface area contributed by atoms with Gasteiger partial charge >= 0.3 is 5.69 Å². The van der Waals surface area contributed by atoms with Crippen molar-refractivity contribution in [3.8, 4) is 0 Å². The lowest BCUT2D eigenvalue weighted by Crippen LogP contribution is -2.39.